The number of phosphoric acid groups is 3. The molecule has 7 atom stereocenters. The zero-order chi connectivity index (χ0) is 40.9. The largest absolute Gasteiger partial charge is 0.481 e. The van der Waals surface area contributed by atoms with Gasteiger partial charge in [0.25, 0.3) is 0 Å². The molecule has 1 aliphatic heterocycles. The number of nitrogens with one attached hydrogen (secondary N) is 2. The number of amides is 2. The van der Waals surface area contributed by atoms with E-state index >= 15 is 0 Å². The predicted molar refractivity (Wildman–Crippen MR) is 193 cm³/mol. The SMILES string of the molecule is C=CC=CCC.CC(C)(COP(=O)(O)OP(=O)(O)OC[C@H]1O[C@@H](n2cnc3c(N)ncnc32)[C@H](O)[C@@H]1OP(=O)(O)O)C(O)C(=O)NCCC(=O)NCCS. The molecule has 0 bridgehead atoms. The second kappa shape index (κ2) is 21.1. The van der Waals surface area contributed by atoms with Gasteiger partial charge >= 0.3 is 23.5 Å². The second-order valence-electron chi connectivity index (χ2n) is 11.9. The Morgan fingerprint density at radius 3 is 2.39 bits per heavy atom. The quantitative estimate of drug-likeness (QED) is 0.0492. The third-order valence-electron chi connectivity index (χ3n) is 7.02. The summed E-state index contributed by atoms with van der Waals surface area (Å²) >= 11 is 3.95. The average molecular weight is 850 g/mol. The Bertz CT molecular complexity index is 1740. The van der Waals surface area contributed by atoms with Gasteiger partial charge in [0.05, 0.1) is 19.5 Å². The maximum atomic E-state index is 12.6. The maximum absolute atomic E-state index is 12.6. The number of ether oxygens (including phenoxy) is 1. The van der Waals surface area contributed by atoms with Crippen LogP contribution < -0.4 is 16.4 Å². The molecule has 3 heterocycles. The number of thiol groups is 1. The van der Waals surface area contributed by atoms with Crippen molar-refractivity contribution in [2.45, 2.75) is 64.3 Å². The van der Waals surface area contributed by atoms with Gasteiger partial charge in [-0.1, -0.05) is 45.6 Å². The van der Waals surface area contributed by atoms with Crippen LogP contribution >= 0.6 is 36.1 Å². The van der Waals surface area contributed by atoms with E-state index in [-0.39, 0.29) is 35.9 Å². The molecule has 0 spiro atoms. The molecule has 1 fully saturated rings. The fraction of sp³-hybridized carbons (Fsp3) is 0.593. The number of aromatic nitrogens is 4. The Balaban J connectivity index is 0.00000155. The second-order valence-corrected chi connectivity index (χ2v) is 16.5. The average Bonchev–Trinajstić information content (AvgIpc) is 3.64. The van der Waals surface area contributed by atoms with Gasteiger partial charge in [0, 0.05) is 30.7 Å². The Morgan fingerprint density at radius 1 is 1.13 bits per heavy atom. The first-order valence-corrected chi connectivity index (χ1v) is 21.0. The molecule has 1 saturated heterocycles. The van der Waals surface area contributed by atoms with E-state index in [4.69, 9.17) is 19.5 Å². The van der Waals surface area contributed by atoms with Gasteiger partial charge in [-0.3, -0.25) is 27.7 Å². The number of phosphoric ester groups is 3. The standard InChI is InChI=1S/C21H36N7O16P3S.C6H10/c1-21(2,16(31)19(32)24-4-3-12(29)23-5-6-48)8-41-47(38,39)44-46(36,37)40-7-11-15(43-45(33,34)35)14(30)20(42-11)28-10-27-13-17(22)25-9-26-18(13)28;1-3-5-6-4-2/h9-11,14-16,20,30-31,48H,3-8H2,1-2H3,(H,23,29)(H,24,32)(H,36,37)(H,38,39)(H2,22,25,26)(H2,33,34,35);3,5-6H,1,4H2,2H3/t11-,14-,15-,16?,20-;/m1./s1. The Labute approximate surface area is 315 Å². The van der Waals surface area contributed by atoms with Gasteiger partial charge in [0.15, 0.2) is 17.7 Å². The van der Waals surface area contributed by atoms with Gasteiger partial charge in [-0.25, -0.2) is 28.6 Å². The zero-order valence-electron chi connectivity index (χ0n) is 29.4. The van der Waals surface area contributed by atoms with E-state index in [0.29, 0.717) is 12.3 Å². The summed E-state index contributed by atoms with van der Waals surface area (Å²) in [6.07, 6.45) is 0.152. The highest BCUT2D eigenvalue weighted by Crippen LogP contribution is 2.61. The van der Waals surface area contributed by atoms with Gasteiger partial charge in [-0.05, 0) is 6.42 Å². The van der Waals surface area contributed by atoms with Crippen molar-refractivity contribution in [3.05, 3.63) is 37.5 Å². The number of aliphatic hydroxyl groups is 2. The third-order valence-corrected chi connectivity index (χ3v) is 10.3. The summed E-state index contributed by atoms with van der Waals surface area (Å²) in [7, 11) is -16.3. The van der Waals surface area contributed by atoms with Crippen LogP contribution in [0.2, 0.25) is 0 Å². The minimum absolute atomic E-state index is 0.0363. The first kappa shape index (κ1) is 47.5. The molecule has 0 saturated carbocycles. The van der Waals surface area contributed by atoms with E-state index in [9.17, 15) is 53.1 Å². The number of rotatable bonds is 20. The van der Waals surface area contributed by atoms with Crippen molar-refractivity contribution in [1.82, 2.24) is 30.2 Å². The summed E-state index contributed by atoms with van der Waals surface area (Å²) in [5.41, 5.74) is 4.30. The molecule has 2 amide bonds. The van der Waals surface area contributed by atoms with Crippen LogP contribution in [-0.2, 0) is 45.9 Å². The first-order chi connectivity index (χ1) is 25.1. The van der Waals surface area contributed by atoms with Crippen LogP contribution in [0.3, 0.4) is 0 Å². The van der Waals surface area contributed by atoms with E-state index < -0.39 is 78.6 Å². The van der Waals surface area contributed by atoms with Crippen LogP contribution in [0.25, 0.3) is 11.2 Å². The summed E-state index contributed by atoms with van der Waals surface area (Å²) in [5.74, 6) is -0.943. The van der Waals surface area contributed by atoms with Crippen molar-refractivity contribution in [1.29, 1.82) is 0 Å². The lowest BCUT2D eigenvalue weighted by Crippen LogP contribution is -2.46. The van der Waals surface area contributed by atoms with E-state index in [1.165, 1.54) is 13.8 Å². The van der Waals surface area contributed by atoms with E-state index in [1.54, 1.807) is 6.08 Å². The zero-order valence-corrected chi connectivity index (χ0v) is 32.9. The molecule has 2 aromatic rings. The fourth-order valence-electron chi connectivity index (χ4n) is 4.37. The van der Waals surface area contributed by atoms with Gasteiger partial charge in [0.2, 0.25) is 11.8 Å². The molecule has 54 heavy (non-hydrogen) atoms. The Morgan fingerprint density at radius 2 is 1.80 bits per heavy atom. The van der Waals surface area contributed by atoms with Crippen LogP contribution in [0.1, 0.15) is 39.8 Å². The summed E-state index contributed by atoms with van der Waals surface area (Å²) in [5, 5.41) is 26.1. The van der Waals surface area contributed by atoms with Crippen LogP contribution in [0.4, 0.5) is 5.82 Å². The van der Waals surface area contributed by atoms with Crippen molar-refractivity contribution in [3.8, 4) is 0 Å². The van der Waals surface area contributed by atoms with Crippen molar-refractivity contribution in [3.63, 3.8) is 0 Å². The van der Waals surface area contributed by atoms with Crippen LogP contribution in [0.15, 0.2) is 37.5 Å². The molecule has 2 aromatic heterocycles. The number of nitrogens with zero attached hydrogens (tertiary/aromatic N) is 4. The monoisotopic (exact) mass is 849 g/mol. The van der Waals surface area contributed by atoms with Crippen molar-refractivity contribution in [2.75, 3.05) is 37.8 Å². The molecule has 306 valence electrons. The lowest BCUT2D eigenvalue weighted by molar-refractivity contribution is -0.137. The van der Waals surface area contributed by atoms with Crippen LogP contribution in [0, 0.1) is 5.41 Å². The normalized spacial score (nSPS) is 21.8. The Hall–Kier alpha value is -2.63. The number of hydrogen-bond acceptors (Lipinski definition) is 17. The Kier molecular flexibility index (Phi) is 18.5. The molecule has 0 aliphatic carbocycles. The number of anilines is 1. The molecule has 23 nitrogen and oxygen atoms in total. The molecule has 0 aromatic carbocycles. The highest BCUT2D eigenvalue weighted by molar-refractivity contribution is 7.80. The topological polar surface area (TPSA) is 347 Å². The molecule has 3 unspecified atom stereocenters. The summed E-state index contributed by atoms with van der Waals surface area (Å²) < 4.78 is 61.7. The van der Waals surface area contributed by atoms with Crippen LogP contribution in [-0.4, -0.2) is 118 Å². The molecule has 0 radical (unpaired) electrons. The minimum Gasteiger partial charge on any atom is -0.386 e. The van der Waals surface area contributed by atoms with Crippen molar-refractivity contribution < 1.29 is 75.7 Å². The number of nitrogens with two attached hydrogens (primary N) is 1. The molecular weight excluding hydrogens is 803 g/mol. The minimum atomic E-state index is -5.54. The van der Waals surface area contributed by atoms with Crippen molar-refractivity contribution in [2.24, 2.45) is 5.41 Å². The number of carbonyl (C=O) groups excluding carboxylic acids is 2. The maximum Gasteiger partial charge on any atom is 0.481 e. The summed E-state index contributed by atoms with van der Waals surface area (Å²) in [6, 6.07) is 0. The van der Waals surface area contributed by atoms with Gasteiger partial charge in [-0.2, -0.15) is 16.9 Å². The number of carbonyl (C=O) groups is 2. The number of imidazole rings is 1. The number of nitrogen functional groups attached to an aromatic ring is 1. The predicted octanol–water partition coefficient (Wildman–Crippen LogP) is 0.473. The molecule has 1 aliphatic rings. The lowest BCUT2D eigenvalue weighted by Gasteiger charge is -2.30. The van der Waals surface area contributed by atoms with E-state index in [2.05, 4.69) is 66.6 Å². The first-order valence-electron chi connectivity index (χ1n) is 15.9. The molecule has 10 N–H and O–H groups in total. The smallest absolute Gasteiger partial charge is 0.386 e. The third kappa shape index (κ3) is 15.1. The van der Waals surface area contributed by atoms with Crippen molar-refractivity contribution >= 4 is 64.9 Å². The number of allylic oxidation sites excluding steroid dienone is 3. The fourth-order valence-corrected chi connectivity index (χ4v) is 7.31. The van der Waals surface area contributed by atoms with Gasteiger partial charge < -0.3 is 50.9 Å². The van der Waals surface area contributed by atoms with E-state index in [1.807, 2.05) is 6.08 Å². The highest BCUT2D eigenvalue weighted by Gasteiger charge is 2.50. The highest BCUT2D eigenvalue weighted by atomic mass is 32.1. The molecule has 27 heteroatoms. The summed E-state index contributed by atoms with van der Waals surface area (Å²) in [4.78, 5) is 74.6. The summed E-state index contributed by atoms with van der Waals surface area (Å²) in [6.45, 7) is 6.33. The molecular formula is C27H46N7O16P3S. The number of fused-ring (bicyclic) bond motifs is 1. The number of aliphatic hydroxyl groups excluding tert-OH is 2. The van der Waals surface area contributed by atoms with E-state index in [0.717, 1.165) is 23.6 Å². The lowest BCUT2D eigenvalue weighted by atomic mass is 9.87. The molecule has 3 rings (SSSR count). The number of hydrogen-bond donors (Lipinski definition) is 10. The van der Waals surface area contributed by atoms with Gasteiger partial charge in [-0.15, -0.1) is 0 Å². The van der Waals surface area contributed by atoms with Gasteiger partial charge in [0.1, 0.15) is 36.3 Å². The van der Waals surface area contributed by atoms with Crippen LogP contribution in [0.5, 0.6) is 0 Å².